The summed E-state index contributed by atoms with van der Waals surface area (Å²) >= 11 is 0. The van der Waals surface area contributed by atoms with Crippen molar-refractivity contribution in [2.45, 2.75) is 6.42 Å². The van der Waals surface area contributed by atoms with Crippen LogP contribution in [0.5, 0.6) is 0 Å². The highest BCUT2D eigenvalue weighted by molar-refractivity contribution is 5.90. The number of benzene rings is 1. The van der Waals surface area contributed by atoms with E-state index in [1.54, 1.807) is 12.1 Å². The largest absolute Gasteiger partial charge is 0.478 e. The molecule has 1 aliphatic rings. The second kappa shape index (κ2) is 3.21. The van der Waals surface area contributed by atoms with Gasteiger partial charge in [-0.2, -0.15) is 0 Å². The Morgan fingerprint density at radius 2 is 2.14 bits per heavy atom. The molecule has 0 unspecified atom stereocenters. The highest BCUT2D eigenvalue weighted by Crippen LogP contribution is 2.28. The summed E-state index contributed by atoms with van der Waals surface area (Å²) in [6, 6.07) is 4.81. The maximum absolute atomic E-state index is 10.7. The molecule has 0 bridgehead atoms. The van der Waals surface area contributed by atoms with Crippen molar-refractivity contribution in [1.29, 1.82) is 0 Å². The lowest BCUT2D eigenvalue weighted by molar-refractivity contribution is 0.0697. The molecular weight excluding hydrogens is 180 g/mol. The Labute approximate surface area is 81.9 Å². The highest BCUT2D eigenvalue weighted by atomic mass is 16.4. The topological polar surface area (TPSA) is 66.6 Å². The van der Waals surface area contributed by atoms with Crippen LogP contribution in [0.4, 0.5) is 11.4 Å². The monoisotopic (exact) mass is 192 g/mol. The minimum Gasteiger partial charge on any atom is -0.478 e. The Hall–Kier alpha value is -1.71. The molecular formula is C10H12N2O2. The van der Waals surface area contributed by atoms with E-state index in [2.05, 4.69) is 4.90 Å². The first-order valence-electron chi connectivity index (χ1n) is 4.56. The zero-order valence-corrected chi connectivity index (χ0v) is 7.73. The molecule has 4 heteroatoms. The van der Waals surface area contributed by atoms with Gasteiger partial charge in [0.15, 0.2) is 0 Å². The molecule has 1 saturated heterocycles. The van der Waals surface area contributed by atoms with Crippen LogP contribution in [-0.4, -0.2) is 24.2 Å². The Morgan fingerprint density at radius 1 is 1.43 bits per heavy atom. The van der Waals surface area contributed by atoms with Crippen molar-refractivity contribution in [1.82, 2.24) is 0 Å². The first kappa shape index (κ1) is 8.87. The number of anilines is 2. The average molecular weight is 192 g/mol. The van der Waals surface area contributed by atoms with Crippen molar-refractivity contribution in [3.63, 3.8) is 0 Å². The second-order valence-corrected chi connectivity index (χ2v) is 3.42. The summed E-state index contributed by atoms with van der Waals surface area (Å²) in [7, 11) is 0. The summed E-state index contributed by atoms with van der Waals surface area (Å²) in [5, 5.41) is 8.81. The smallest absolute Gasteiger partial charge is 0.335 e. The van der Waals surface area contributed by atoms with Crippen molar-refractivity contribution in [3.8, 4) is 0 Å². The predicted octanol–water partition coefficient (Wildman–Crippen LogP) is 1.18. The van der Waals surface area contributed by atoms with Crippen LogP contribution in [0, 0.1) is 0 Å². The molecule has 0 saturated carbocycles. The third-order valence-corrected chi connectivity index (χ3v) is 2.47. The summed E-state index contributed by atoms with van der Waals surface area (Å²) < 4.78 is 0. The van der Waals surface area contributed by atoms with E-state index in [1.807, 2.05) is 0 Å². The molecule has 0 aliphatic carbocycles. The molecule has 1 fully saturated rings. The average Bonchev–Trinajstić information content (AvgIpc) is 2.05. The Kier molecular flexibility index (Phi) is 2.04. The number of rotatable bonds is 2. The molecule has 2 rings (SSSR count). The molecule has 1 heterocycles. The van der Waals surface area contributed by atoms with E-state index >= 15 is 0 Å². The summed E-state index contributed by atoms with van der Waals surface area (Å²) in [6.45, 7) is 1.93. The van der Waals surface area contributed by atoms with E-state index in [0.717, 1.165) is 25.2 Å². The van der Waals surface area contributed by atoms with Crippen LogP contribution >= 0.6 is 0 Å². The van der Waals surface area contributed by atoms with E-state index in [-0.39, 0.29) is 0 Å². The van der Waals surface area contributed by atoms with Crippen LogP contribution < -0.4 is 10.6 Å². The fraction of sp³-hybridized carbons (Fsp3) is 0.300. The van der Waals surface area contributed by atoms with Gasteiger partial charge in [-0.15, -0.1) is 0 Å². The molecule has 74 valence electrons. The summed E-state index contributed by atoms with van der Waals surface area (Å²) in [6.07, 6.45) is 1.15. The van der Waals surface area contributed by atoms with Crippen molar-refractivity contribution in [2.24, 2.45) is 0 Å². The molecule has 0 radical (unpaired) electrons. The van der Waals surface area contributed by atoms with E-state index < -0.39 is 5.97 Å². The number of hydrogen-bond donors (Lipinski definition) is 2. The van der Waals surface area contributed by atoms with Gasteiger partial charge < -0.3 is 15.7 Å². The minimum atomic E-state index is -0.910. The van der Waals surface area contributed by atoms with Crippen LogP contribution in [0.1, 0.15) is 16.8 Å². The number of nitrogens with zero attached hydrogens (tertiary/aromatic N) is 1. The number of carboxylic acids is 1. The van der Waals surface area contributed by atoms with Crippen molar-refractivity contribution in [3.05, 3.63) is 23.8 Å². The van der Waals surface area contributed by atoms with E-state index in [1.165, 1.54) is 6.07 Å². The fourth-order valence-electron chi connectivity index (χ4n) is 1.51. The van der Waals surface area contributed by atoms with Gasteiger partial charge in [-0.3, -0.25) is 0 Å². The van der Waals surface area contributed by atoms with Gasteiger partial charge >= 0.3 is 5.97 Å². The van der Waals surface area contributed by atoms with Crippen LogP contribution in [0.3, 0.4) is 0 Å². The highest BCUT2D eigenvalue weighted by Gasteiger charge is 2.18. The standard InChI is InChI=1S/C10H12N2O2/c11-8-3-2-7(10(13)14)6-9(8)12-4-1-5-12/h2-3,6H,1,4-5,11H2,(H,13,14). The first-order chi connectivity index (χ1) is 6.68. The van der Waals surface area contributed by atoms with E-state index in [9.17, 15) is 4.79 Å². The molecule has 0 amide bonds. The second-order valence-electron chi connectivity index (χ2n) is 3.42. The lowest BCUT2D eigenvalue weighted by atomic mass is 10.1. The Bertz CT molecular complexity index is 372. The van der Waals surface area contributed by atoms with Crippen LogP contribution in [-0.2, 0) is 0 Å². The van der Waals surface area contributed by atoms with E-state index in [0.29, 0.717) is 11.3 Å². The van der Waals surface area contributed by atoms with Crippen LogP contribution in [0.2, 0.25) is 0 Å². The molecule has 1 aromatic rings. The van der Waals surface area contributed by atoms with Gasteiger partial charge in [0.2, 0.25) is 0 Å². The molecule has 1 aromatic carbocycles. The molecule has 4 nitrogen and oxygen atoms in total. The quantitative estimate of drug-likeness (QED) is 0.690. The molecule has 1 aliphatic heterocycles. The number of carbonyl (C=O) groups is 1. The summed E-state index contributed by atoms with van der Waals surface area (Å²) in [5.74, 6) is -0.910. The number of aromatic carboxylic acids is 1. The number of carboxylic acid groups (broad SMARTS) is 1. The zero-order valence-electron chi connectivity index (χ0n) is 7.73. The zero-order chi connectivity index (χ0) is 10.1. The summed E-state index contributed by atoms with van der Waals surface area (Å²) in [4.78, 5) is 12.8. The maximum atomic E-state index is 10.7. The molecule has 0 spiro atoms. The van der Waals surface area contributed by atoms with E-state index in [4.69, 9.17) is 10.8 Å². The van der Waals surface area contributed by atoms with Crippen molar-refractivity contribution < 1.29 is 9.90 Å². The molecule has 14 heavy (non-hydrogen) atoms. The molecule has 3 N–H and O–H groups in total. The van der Waals surface area contributed by atoms with Gasteiger partial charge in [-0.05, 0) is 24.6 Å². The summed E-state index contributed by atoms with van der Waals surface area (Å²) in [5.41, 5.74) is 7.55. The minimum absolute atomic E-state index is 0.293. The first-order valence-corrected chi connectivity index (χ1v) is 4.56. The van der Waals surface area contributed by atoms with Gasteiger partial charge in [0, 0.05) is 13.1 Å². The van der Waals surface area contributed by atoms with Gasteiger partial charge in [0.1, 0.15) is 0 Å². The lowest BCUT2D eigenvalue weighted by Crippen LogP contribution is -2.37. The normalized spacial score (nSPS) is 15.0. The molecule has 0 atom stereocenters. The fourth-order valence-corrected chi connectivity index (χ4v) is 1.51. The Balaban J connectivity index is 2.36. The van der Waals surface area contributed by atoms with Crippen LogP contribution in [0.15, 0.2) is 18.2 Å². The SMILES string of the molecule is Nc1ccc(C(=O)O)cc1N1CCC1. The van der Waals surface area contributed by atoms with Gasteiger partial charge in [0.05, 0.1) is 16.9 Å². The van der Waals surface area contributed by atoms with Gasteiger partial charge in [-0.25, -0.2) is 4.79 Å². The predicted molar refractivity (Wildman–Crippen MR) is 54.6 cm³/mol. The van der Waals surface area contributed by atoms with Gasteiger partial charge in [-0.1, -0.05) is 0 Å². The molecule has 0 aromatic heterocycles. The lowest BCUT2D eigenvalue weighted by Gasteiger charge is -2.34. The van der Waals surface area contributed by atoms with Crippen molar-refractivity contribution >= 4 is 17.3 Å². The van der Waals surface area contributed by atoms with Crippen molar-refractivity contribution in [2.75, 3.05) is 23.7 Å². The number of nitrogens with two attached hydrogens (primary N) is 1. The van der Waals surface area contributed by atoms with Gasteiger partial charge in [0.25, 0.3) is 0 Å². The number of hydrogen-bond acceptors (Lipinski definition) is 3. The maximum Gasteiger partial charge on any atom is 0.335 e. The van der Waals surface area contributed by atoms with Crippen LogP contribution in [0.25, 0.3) is 0 Å². The Morgan fingerprint density at radius 3 is 2.64 bits per heavy atom. The third kappa shape index (κ3) is 1.39. The third-order valence-electron chi connectivity index (χ3n) is 2.47. The number of nitrogen functional groups attached to an aromatic ring is 1.